The first-order valence-corrected chi connectivity index (χ1v) is 3.68. The molecule has 1 aromatic heterocycles. The van der Waals surface area contributed by atoms with Crippen LogP contribution in [0.4, 0.5) is 0 Å². The second-order valence-corrected chi connectivity index (χ2v) is 2.95. The molecule has 0 spiro atoms. The lowest BCUT2D eigenvalue weighted by atomic mass is 10.0. The predicted molar refractivity (Wildman–Crippen MR) is 50.0 cm³/mol. The number of hydrogen-bond acceptors (Lipinski definition) is 1. The quantitative estimate of drug-likeness (QED) is 0.667. The normalized spacial score (nSPS) is 9.36. The van der Waals surface area contributed by atoms with Crippen LogP contribution < -0.4 is 0 Å². The van der Waals surface area contributed by atoms with Gasteiger partial charge in [-0.05, 0) is 30.0 Å². The first-order chi connectivity index (χ1) is 4.79. The summed E-state index contributed by atoms with van der Waals surface area (Å²) in [5.74, 6) is 0.738. The highest BCUT2D eigenvalue weighted by Crippen LogP contribution is 2.04. The van der Waals surface area contributed by atoms with Crippen LogP contribution in [-0.2, 0) is 6.42 Å². The van der Waals surface area contributed by atoms with Crippen LogP contribution in [0.1, 0.15) is 19.4 Å². The van der Waals surface area contributed by atoms with Gasteiger partial charge in [0.25, 0.3) is 0 Å². The molecule has 1 heterocycles. The Morgan fingerprint density at radius 1 is 1.27 bits per heavy atom. The van der Waals surface area contributed by atoms with Gasteiger partial charge in [0.1, 0.15) is 0 Å². The zero-order valence-corrected chi connectivity index (χ0v) is 7.77. The van der Waals surface area contributed by atoms with Gasteiger partial charge in [-0.15, -0.1) is 12.4 Å². The third kappa shape index (κ3) is 3.99. The van der Waals surface area contributed by atoms with Crippen LogP contribution in [0, 0.1) is 5.92 Å². The Morgan fingerprint density at radius 2 is 1.82 bits per heavy atom. The Hall–Kier alpha value is -0.560. The minimum Gasteiger partial charge on any atom is -0.265 e. The molecule has 0 aliphatic heterocycles. The van der Waals surface area contributed by atoms with E-state index in [1.165, 1.54) is 5.56 Å². The molecule has 0 radical (unpaired) electrons. The monoisotopic (exact) mass is 171 g/mol. The number of pyridine rings is 1. The second-order valence-electron chi connectivity index (χ2n) is 2.95. The summed E-state index contributed by atoms with van der Waals surface area (Å²) in [7, 11) is 0. The van der Waals surface area contributed by atoms with Crippen LogP contribution in [0.3, 0.4) is 0 Å². The van der Waals surface area contributed by atoms with Crippen molar-refractivity contribution in [3.63, 3.8) is 0 Å². The molecule has 2 heteroatoms. The van der Waals surface area contributed by atoms with Crippen molar-refractivity contribution in [2.24, 2.45) is 5.92 Å². The molecule has 0 saturated heterocycles. The van der Waals surface area contributed by atoms with Crippen LogP contribution in [-0.4, -0.2) is 4.98 Å². The fourth-order valence-electron chi connectivity index (χ4n) is 0.990. The molecular formula is C9H14ClN. The molecule has 1 rings (SSSR count). The number of nitrogens with zero attached hydrogens (tertiary/aromatic N) is 1. The van der Waals surface area contributed by atoms with Gasteiger partial charge >= 0.3 is 0 Å². The van der Waals surface area contributed by atoms with Crippen molar-refractivity contribution in [3.8, 4) is 0 Å². The van der Waals surface area contributed by atoms with Crippen molar-refractivity contribution >= 4 is 12.4 Å². The number of hydrogen-bond donors (Lipinski definition) is 0. The van der Waals surface area contributed by atoms with E-state index in [2.05, 4.69) is 31.0 Å². The zero-order valence-electron chi connectivity index (χ0n) is 6.95. The summed E-state index contributed by atoms with van der Waals surface area (Å²) in [5, 5.41) is 0. The fourth-order valence-corrected chi connectivity index (χ4v) is 0.990. The maximum absolute atomic E-state index is 3.95. The molecule has 0 atom stereocenters. The Morgan fingerprint density at radius 3 is 2.27 bits per heavy atom. The van der Waals surface area contributed by atoms with E-state index in [9.17, 15) is 0 Å². The highest BCUT2D eigenvalue weighted by molar-refractivity contribution is 5.85. The maximum Gasteiger partial charge on any atom is 0.0270 e. The average molecular weight is 172 g/mol. The van der Waals surface area contributed by atoms with Gasteiger partial charge in [0.15, 0.2) is 0 Å². The summed E-state index contributed by atoms with van der Waals surface area (Å²) in [6, 6.07) is 4.14. The van der Waals surface area contributed by atoms with Gasteiger partial charge in [-0.25, -0.2) is 0 Å². The lowest BCUT2D eigenvalue weighted by Gasteiger charge is -2.02. The highest BCUT2D eigenvalue weighted by atomic mass is 35.5. The van der Waals surface area contributed by atoms with Crippen LogP contribution in [0.25, 0.3) is 0 Å². The van der Waals surface area contributed by atoms with E-state index in [1.807, 2.05) is 12.4 Å². The largest absolute Gasteiger partial charge is 0.265 e. The number of halogens is 1. The lowest BCUT2D eigenvalue weighted by Crippen LogP contribution is -1.92. The first kappa shape index (κ1) is 10.4. The van der Waals surface area contributed by atoms with Gasteiger partial charge in [0.05, 0.1) is 0 Å². The van der Waals surface area contributed by atoms with E-state index in [0.717, 1.165) is 12.3 Å². The summed E-state index contributed by atoms with van der Waals surface area (Å²) >= 11 is 0. The predicted octanol–water partition coefficient (Wildman–Crippen LogP) is 2.70. The first-order valence-electron chi connectivity index (χ1n) is 3.68. The third-order valence-corrected chi connectivity index (χ3v) is 1.39. The zero-order chi connectivity index (χ0) is 7.40. The molecule has 1 nitrogen and oxygen atoms in total. The molecule has 0 amide bonds. The molecule has 0 fully saturated rings. The van der Waals surface area contributed by atoms with Gasteiger partial charge in [-0.1, -0.05) is 13.8 Å². The number of rotatable bonds is 2. The van der Waals surface area contributed by atoms with E-state index in [4.69, 9.17) is 0 Å². The average Bonchev–Trinajstić information content (AvgIpc) is 1.88. The molecular weight excluding hydrogens is 158 g/mol. The Balaban J connectivity index is 0.000001000. The Bertz CT molecular complexity index is 184. The second kappa shape index (κ2) is 5.14. The van der Waals surface area contributed by atoms with Crippen molar-refractivity contribution < 1.29 is 0 Å². The lowest BCUT2D eigenvalue weighted by molar-refractivity contribution is 0.647. The van der Waals surface area contributed by atoms with E-state index in [1.54, 1.807) is 0 Å². The molecule has 0 aliphatic rings. The standard InChI is InChI=1S/C9H13N.ClH/c1-8(2)7-9-3-5-10-6-4-9;/h3-6,8H,7H2,1-2H3;1H. The van der Waals surface area contributed by atoms with E-state index in [0.29, 0.717) is 0 Å². The van der Waals surface area contributed by atoms with Crippen LogP contribution in [0.2, 0.25) is 0 Å². The van der Waals surface area contributed by atoms with Crippen molar-refractivity contribution in [1.29, 1.82) is 0 Å². The van der Waals surface area contributed by atoms with Gasteiger partial charge in [-0.3, -0.25) is 4.98 Å². The summed E-state index contributed by atoms with van der Waals surface area (Å²) in [6.07, 6.45) is 4.85. The van der Waals surface area contributed by atoms with Crippen LogP contribution in [0.5, 0.6) is 0 Å². The molecule has 0 unspecified atom stereocenters. The van der Waals surface area contributed by atoms with Gasteiger partial charge in [0, 0.05) is 12.4 Å². The minimum atomic E-state index is 0. The molecule has 0 bridgehead atoms. The van der Waals surface area contributed by atoms with Crippen molar-refractivity contribution in [2.45, 2.75) is 20.3 Å². The smallest absolute Gasteiger partial charge is 0.0270 e. The summed E-state index contributed by atoms with van der Waals surface area (Å²) in [6.45, 7) is 4.45. The van der Waals surface area contributed by atoms with Crippen LogP contribution in [0.15, 0.2) is 24.5 Å². The van der Waals surface area contributed by atoms with Gasteiger partial charge in [-0.2, -0.15) is 0 Å². The Kier molecular flexibility index (Phi) is 4.88. The summed E-state index contributed by atoms with van der Waals surface area (Å²) in [4.78, 5) is 3.95. The van der Waals surface area contributed by atoms with Crippen molar-refractivity contribution in [3.05, 3.63) is 30.1 Å². The SMILES string of the molecule is CC(C)Cc1ccncc1.Cl. The number of aromatic nitrogens is 1. The summed E-state index contributed by atoms with van der Waals surface area (Å²) in [5.41, 5.74) is 1.38. The van der Waals surface area contributed by atoms with Crippen molar-refractivity contribution in [1.82, 2.24) is 4.98 Å². The fraction of sp³-hybridized carbons (Fsp3) is 0.444. The van der Waals surface area contributed by atoms with Crippen LogP contribution >= 0.6 is 12.4 Å². The molecule has 0 aliphatic carbocycles. The molecule has 1 aromatic rings. The highest BCUT2D eigenvalue weighted by Gasteiger charge is 1.94. The topological polar surface area (TPSA) is 12.9 Å². The van der Waals surface area contributed by atoms with Crippen molar-refractivity contribution in [2.75, 3.05) is 0 Å². The third-order valence-electron chi connectivity index (χ3n) is 1.39. The van der Waals surface area contributed by atoms with Gasteiger partial charge < -0.3 is 0 Å². The molecule has 0 aromatic carbocycles. The molecule has 0 saturated carbocycles. The molecule has 62 valence electrons. The van der Waals surface area contributed by atoms with Gasteiger partial charge in [0.2, 0.25) is 0 Å². The Labute approximate surface area is 74.3 Å². The molecule has 0 N–H and O–H groups in total. The molecule has 11 heavy (non-hydrogen) atoms. The van der Waals surface area contributed by atoms with E-state index >= 15 is 0 Å². The summed E-state index contributed by atoms with van der Waals surface area (Å²) < 4.78 is 0. The van der Waals surface area contributed by atoms with E-state index < -0.39 is 0 Å². The maximum atomic E-state index is 3.95. The van der Waals surface area contributed by atoms with E-state index in [-0.39, 0.29) is 12.4 Å². The minimum absolute atomic E-state index is 0.